The van der Waals surface area contributed by atoms with Crippen LogP contribution in [0.4, 0.5) is 13.2 Å². The van der Waals surface area contributed by atoms with Crippen LogP contribution in [0, 0.1) is 11.8 Å². The Kier molecular flexibility index (Phi) is 5.01. The number of piperidine rings is 1. The van der Waals surface area contributed by atoms with E-state index in [0.29, 0.717) is 13.1 Å². The zero-order valence-corrected chi connectivity index (χ0v) is 9.55. The number of ether oxygens (including phenoxy) is 1. The van der Waals surface area contributed by atoms with Gasteiger partial charge in [0.1, 0.15) is 0 Å². The second-order valence-electron chi connectivity index (χ2n) is 3.73. The molecule has 0 aliphatic carbocycles. The maximum absolute atomic E-state index is 11.6. The summed E-state index contributed by atoms with van der Waals surface area (Å²) in [5.41, 5.74) is 0. The van der Waals surface area contributed by atoms with Crippen molar-refractivity contribution in [1.82, 2.24) is 4.90 Å². The molecule has 1 fully saturated rings. The largest absolute Gasteiger partial charge is 0.457 e. The zero-order valence-electron chi connectivity index (χ0n) is 9.55. The van der Waals surface area contributed by atoms with E-state index in [-0.39, 0.29) is 0 Å². The monoisotopic (exact) mass is 263 g/mol. The van der Waals surface area contributed by atoms with Gasteiger partial charge in [-0.3, -0.25) is 4.79 Å². The molecule has 0 saturated carbocycles. The second-order valence-corrected chi connectivity index (χ2v) is 3.73. The molecule has 7 heteroatoms. The fraction of sp³-hybridized carbons (Fsp3) is 0.636. The molecule has 0 atom stereocenters. The van der Waals surface area contributed by atoms with Crippen LogP contribution in [0.15, 0.2) is 0 Å². The Labute approximate surface area is 102 Å². The molecule has 1 heterocycles. The van der Waals surface area contributed by atoms with Gasteiger partial charge in [-0.05, 0) is 19.3 Å². The average Bonchev–Trinajstić information content (AvgIpc) is 2.33. The smallest absolute Gasteiger partial charge is 0.445 e. The van der Waals surface area contributed by atoms with Gasteiger partial charge in [-0.2, -0.15) is 13.2 Å². The lowest BCUT2D eigenvalue weighted by molar-refractivity contribution is -0.159. The standard InChI is InChI=1S/C11H12F3NO3/c12-11(13,14)5-4-8-18-10(17)9(16)15-6-2-1-3-7-15/h1-3,6-8H2. The lowest BCUT2D eigenvalue weighted by atomic mass is 10.1. The highest BCUT2D eigenvalue weighted by atomic mass is 19.4. The number of carbonyl (C=O) groups is 2. The van der Waals surface area contributed by atoms with E-state index in [1.165, 1.54) is 4.90 Å². The van der Waals surface area contributed by atoms with E-state index < -0.39 is 24.7 Å². The first-order valence-electron chi connectivity index (χ1n) is 5.43. The molecule has 18 heavy (non-hydrogen) atoms. The maximum Gasteiger partial charge on any atom is 0.457 e. The van der Waals surface area contributed by atoms with E-state index >= 15 is 0 Å². The number of halogens is 3. The van der Waals surface area contributed by atoms with E-state index in [1.54, 1.807) is 5.92 Å². The van der Waals surface area contributed by atoms with Crippen molar-refractivity contribution in [3.8, 4) is 11.8 Å². The summed E-state index contributed by atoms with van der Waals surface area (Å²) in [6.07, 6.45) is -2.00. The van der Waals surface area contributed by atoms with Crippen LogP contribution < -0.4 is 0 Å². The minimum Gasteiger partial charge on any atom is -0.445 e. The summed E-state index contributed by atoms with van der Waals surface area (Å²) in [4.78, 5) is 24.0. The predicted molar refractivity (Wildman–Crippen MR) is 55.2 cm³/mol. The second kappa shape index (κ2) is 6.28. The van der Waals surface area contributed by atoms with Gasteiger partial charge in [-0.15, -0.1) is 0 Å². The number of carbonyl (C=O) groups excluding carboxylic acids is 2. The van der Waals surface area contributed by atoms with Crippen molar-refractivity contribution in [3.63, 3.8) is 0 Å². The van der Waals surface area contributed by atoms with Crippen LogP contribution in [0.3, 0.4) is 0 Å². The quantitative estimate of drug-likeness (QED) is 0.404. The molecule has 0 aromatic rings. The van der Waals surface area contributed by atoms with Gasteiger partial charge < -0.3 is 9.64 Å². The van der Waals surface area contributed by atoms with Crippen molar-refractivity contribution in [2.75, 3.05) is 19.7 Å². The van der Waals surface area contributed by atoms with E-state index in [0.717, 1.165) is 25.2 Å². The Morgan fingerprint density at radius 1 is 1.17 bits per heavy atom. The summed E-state index contributed by atoms with van der Waals surface area (Å²) in [5.74, 6) is 0.594. The van der Waals surface area contributed by atoms with E-state index in [4.69, 9.17) is 0 Å². The van der Waals surface area contributed by atoms with Gasteiger partial charge in [0, 0.05) is 19.0 Å². The highest BCUT2D eigenvalue weighted by Crippen LogP contribution is 2.11. The fourth-order valence-corrected chi connectivity index (χ4v) is 1.53. The van der Waals surface area contributed by atoms with Crippen LogP contribution >= 0.6 is 0 Å². The number of amides is 1. The van der Waals surface area contributed by atoms with Crippen molar-refractivity contribution >= 4 is 11.9 Å². The first-order valence-corrected chi connectivity index (χ1v) is 5.43. The Balaban J connectivity index is 2.35. The summed E-state index contributed by atoms with van der Waals surface area (Å²) in [5, 5.41) is 0. The predicted octanol–water partition coefficient (Wildman–Crippen LogP) is 1.11. The molecule has 0 spiro atoms. The van der Waals surface area contributed by atoms with Crippen LogP contribution in [-0.4, -0.2) is 42.6 Å². The Bertz CT molecular complexity index is 375. The van der Waals surface area contributed by atoms with Gasteiger partial charge in [-0.1, -0.05) is 5.92 Å². The molecule has 1 rings (SSSR count). The van der Waals surface area contributed by atoms with Gasteiger partial charge in [0.15, 0.2) is 6.61 Å². The number of hydrogen-bond acceptors (Lipinski definition) is 3. The summed E-state index contributed by atoms with van der Waals surface area (Å²) in [7, 11) is 0. The minimum atomic E-state index is -4.62. The molecule has 0 aromatic carbocycles. The van der Waals surface area contributed by atoms with Crippen molar-refractivity contribution < 1.29 is 27.5 Å². The zero-order chi connectivity index (χ0) is 13.6. The molecule has 0 N–H and O–H groups in total. The number of rotatable bonds is 1. The molecule has 1 aliphatic rings. The third kappa shape index (κ3) is 5.08. The van der Waals surface area contributed by atoms with Gasteiger partial charge in [0.2, 0.25) is 0 Å². The lowest BCUT2D eigenvalue weighted by Gasteiger charge is -2.25. The van der Waals surface area contributed by atoms with Gasteiger partial charge >= 0.3 is 18.1 Å². The highest BCUT2D eigenvalue weighted by Gasteiger charge is 2.25. The van der Waals surface area contributed by atoms with Crippen LogP contribution in [-0.2, 0) is 14.3 Å². The maximum atomic E-state index is 11.6. The first-order chi connectivity index (χ1) is 8.40. The summed E-state index contributed by atoms with van der Waals surface area (Å²) in [6, 6.07) is 0. The fourth-order valence-electron chi connectivity index (χ4n) is 1.53. The van der Waals surface area contributed by atoms with E-state index in [1.807, 2.05) is 0 Å². The van der Waals surface area contributed by atoms with Gasteiger partial charge in [0.25, 0.3) is 0 Å². The molecule has 0 bridgehead atoms. The van der Waals surface area contributed by atoms with E-state index in [2.05, 4.69) is 4.74 Å². The minimum absolute atomic E-state index is 0.474. The van der Waals surface area contributed by atoms with Crippen LogP contribution in [0.5, 0.6) is 0 Å². The van der Waals surface area contributed by atoms with Crippen molar-refractivity contribution in [2.24, 2.45) is 0 Å². The number of hydrogen-bond donors (Lipinski definition) is 0. The normalized spacial score (nSPS) is 15.6. The average molecular weight is 263 g/mol. The Morgan fingerprint density at radius 3 is 2.33 bits per heavy atom. The topological polar surface area (TPSA) is 46.6 Å². The van der Waals surface area contributed by atoms with Gasteiger partial charge in [0.05, 0.1) is 0 Å². The third-order valence-corrected chi connectivity index (χ3v) is 2.32. The molecule has 1 saturated heterocycles. The molecule has 100 valence electrons. The van der Waals surface area contributed by atoms with E-state index in [9.17, 15) is 22.8 Å². The number of alkyl halides is 3. The summed E-state index contributed by atoms with van der Waals surface area (Å²) in [6.45, 7) is 0.211. The molecule has 0 radical (unpaired) electrons. The van der Waals surface area contributed by atoms with Gasteiger partial charge in [-0.25, -0.2) is 4.79 Å². The SMILES string of the molecule is O=C(OCC#CC(F)(F)F)C(=O)N1CCCCC1. The van der Waals surface area contributed by atoms with Crippen molar-refractivity contribution in [2.45, 2.75) is 25.4 Å². The first kappa shape index (κ1) is 14.4. The third-order valence-electron chi connectivity index (χ3n) is 2.32. The number of likely N-dealkylation sites (tertiary alicyclic amines) is 1. The molecular formula is C11H12F3NO3. The van der Waals surface area contributed by atoms with Crippen LogP contribution in [0.2, 0.25) is 0 Å². The molecule has 0 unspecified atom stereocenters. The molecule has 1 aliphatic heterocycles. The van der Waals surface area contributed by atoms with Crippen LogP contribution in [0.1, 0.15) is 19.3 Å². The van der Waals surface area contributed by atoms with Crippen molar-refractivity contribution in [3.05, 3.63) is 0 Å². The number of nitrogens with zero attached hydrogens (tertiary/aromatic N) is 1. The molecule has 0 aromatic heterocycles. The van der Waals surface area contributed by atoms with Crippen LogP contribution in [0.25, 0.3) is 0 Å². The Morgan fingerprint density at radius 2 is 1.78 bits per heavy atom. The Hall–Kier alpha value is -1.71. The summed E-state index contributed by atoms with van der Waals surface area (Å²) >= 11 is 0. The highest BCUT2D eigenvalue weighted by molar-refractivity contribution is 6.32. The lowest BCUT2D eigenvalue weighted by Crippen LogP contribution is -2.40. The molecule has 1 amide bonds. The molecule has 4 nitrogen and oxygen atoms in total. The summed E-state index contributed by atoms with van der Waals surface area (Å²) < 4.78 is 39.3. The van der Waals surface area contributed by atoms with Crippen molar-refractivity contribution in [1.29, 1.82) is 0 Å². The number of esters is 1. The molecular weight excluding hydrogens is 251 g/mol.